The third kappa shape index (κ3) is 4.18. The second-order valence-electron chi connectivity index (χ2n) is 3.55. The number of aromatic nitrogens is 3. The van der Waals surface area contributed by atoms with Crippen LogP contribution in [0.2, 0.25) is 0 Å². The lowest BCUT2D eigenvalue weighted by Crippen LogP contribution is -2.30. The maximum atomic E-state index is 11.1. The predicted molar refractivity (Wildman–Crippen MR) is 59.4 cm³/mol. The maximum absolute atomic E-state index is 11.1. The summed E-state index contributed by atoms with van der Waals surface area (Å²) in [6.07, 6.45) is 2.02. The lowest BCUT2D eigenvalue weighted by Gasteiger charge is -2.13. The highest BCUT2D eigenvalue weighted by Crippen LogP contribution is 1.94. The highest BCUT2D eigenvalue weighted by atomic mass is 16.2. The van der Waals surface area contributed by atoms with E-state index in [1.807, 2.05) is 17.4 Å². The fraction of sp³-hybridized carbons (Fsp3) is 0.556. The Morgan fingerprint density at radius 1 is 1.71 bits per heavy atom. The van der Waals surface area contributed by atoms with Crippen molar-refractivity contribution >= 4 is 5.91 Å². The van der Waals surface area contributed by atoms with Crippen molar-refractivity contribution in [2.75, 3.05) is 20.1 Å². The quantitative estimate of drug-likeness (QED) is 0.362. The molecule has 0 aromatic carbocycles. The summed E-state index contributed by atoms with van der Waals surface area (Å²) in [5, 5.41) is 15.9. The Labute approximate surface area is 99.0 Å². The second-order valence-corrected chi connectivity index (χ2v) is 3.55. The number of carbonyl (C=O) groups is 1. The van der Waals surface area contributed by atoms with Crippen molar-refractivity contribution < 1.29 is 4.79 Å². The minimum Gasteiger partial charge on any atom is -0.304 e. The minimum absolute atomic E-state index is 0.187. The van der Waals surface area contributed by atoms with Gasteiger partial charge in [-0.3, -0.25) is 14.9 Å². The number of nitrogens with two attached hydrogens (primary N) is 1. The van der Waals surface area contributed by atoms with Crippen molar-refractivity contribution in [2.45, 2.75) is 13.0 Å². The second kappa shape index (κ2) is 6.57. The molecule has 1 heterocycles. The number of rotatable bonds is 6. The van der Waals surface area contributed by atoms with Gasteiger partial charge in [0.2, 0.25) is 0 Å². The molecule has 3 N–H and O–H groups in total. The van der Waals surface area contributed by atoms with Gasteiger partial charge in [0.15, 0.2) is 5.69 Å². The maximum Gasteiger partial charge on any atom is 0.287 e. The summed E-state index contributed by atoms with van der Waals surface area (Å²) in [6, 6.07) is 2.08. The van der Waals surface area contributed by atoms with Crippen LogP contribution in [0.25, 0.3) is 0 Å². The van der Waals surface area contributed by atoms with Crippen molar-refractivity contribution in [3.05, 3.63) is 11.9 Å². The van der Waals surface area contributed by atoms with Gasteiger partial charge in [0.25, 0.3) is 5.91 Å². The molecular formula is C9H15N7O. The highest BCUT2D eigenvalue weighted by Gasteiger charge is 2.08. The Morgan fingerprint density at radius 2 is 2.47 bits per heavy atom. The molecule has 92 valence electrons. The van der Waals surface area contributed by atoms with E-state index in [0.717, 1.165) is 6.54 Å². The van der Waals surface area contributed by atoms with Gasteiger partial charge in [0, 0.05) is 19.5 Å². The highest BCUT2D eigenvalue weighted by molar-refractivity contribution is 5.91. The Kier molecular flexibility index (Phi) is 5.06. The van der Waals surface area contributed by atoms with Crippen molar-refractivity contribution in [3.8, 4) is 6.07 Å². The van der Waals surface area contributed by atoms with E-state index < -0.39 is 5.91 Å². The average molecular weight is 237 g/mol. The van der Waals surface area contributed by atoms with Crippen molar-refractivity contribution in [1.29, 1.82) is 5.26 Å². The lowest BCUT2D eigenvalue weighted by molar-refractivity contribution is 0.0948. The molecule has 0 aliphatic rings. The molecule has 0 saturated heterocycles. The summed E-state index contributed by atoms with van der Waals surface area (Å²) in [6.45, 7) is 2.04. The molecule has 0 unspecified atom stereocenters. The third-order valence-corrected chi connectivity index (χ3v) is 2.22. The topological polar surface area (TPSA) is 113 Å². The van der Waals surface area contributed by atoms with E-state index in [9.17, 15) is 4.79 Å². The molecule has 1 rings (SSSR count). The summed E-state index contributed by atoms with van der Waals surface area (Å²) in [4.78, 5) is 13.1. The van der Waals surface area contributed by atoms with E-state index in [0.29, 0.717) is 19.5 Å². The first-order chi connectivity index (χ1) is 8.17. The lowest BCUT2D eigenvalue weighted by atomic mass is 10.4. The SMILES string of the molecule is CN(CCC#N)CCn1cc(C(=O)NN)nn1. The van der Waals surface area contributed by atoms with E-state index in [1.54, 1.807) is 4.68 Å². The van der Waals surface area contributed by atoms with Crippen LogP contribution in [0, 0.1) is 11.3 Å². The molecule has 0 saturated carbocycles. The number of amides is 1. The fourth-order valence-electron chi connectivity index (χ4n) is 1.21. The van der Waals surface area contributed by atoms with Gasteiger partial charge in [-0.2, -0.15) is 5.26 Å². The third-order valence-electron chi connectivity index (χ3n) is 2.22. The number of hydrogen-bond donors (Lipinski definition) is 2. The van der Waals surface area contributed by atoms with Gasteiger partial charge in [-0.05, 0) is 7.05 Å². The van der Waals surface area contributed by atoms with Gasteiger partial charge < -0.3 is 4.90 Å². The van der Waals surface area contributed by atoms with Crippen LogP contribution >= 0.6 is 0 Å². The number of nitrogens with zero attached hydrogens (tertiary/aromatic N) is 5. The van der Waals surface area contributed by atoms with Gasteiger partial charge in [-0.15, -0.1) is 5.10 Å². The van der Waals surface area contributed by atoms with Gasteiger partial charge in [-0.25, -0.2) is 5.84 Å². The summed E-state index contributed by atoms with van der Waals surface area (Å²) in [5.74, 6) is 4.51. The molecule has 1 aromatic heterocycles. The number of carbonyl (C=O) groups excluding carboxylic acids is 1. The van der Waals surface area contributed by atoms with E-state index in [4.69, 9.17) is 11.1 Å². The van der Waals surface area contributed by atoms with Gasteiger partial charge in [0.05, 0.1) is 18.8 Å². The van der Waals surface area contributed by atoms with Gasteiger partial charge in [0.1, 0.15) is 0 Å². The van der Waals surface area contributed by atoms with Crippen LogP contribution in [0.5, 0.6) is 0 Å². The zero-order valence-corrected chi connectivity index (χ0v) is 9.63. The number of hydrogen-bond acceptors (Lipinski definition) is 6. The summed E-state index contributed by atoms with van der Waals surface area (Å²) >= 11 is 0. The first kappa shape index (κ1) is 13.1. The van der Waals surface area contributed by atoms with E-state index >= 15 is 0 Å². The number of hydrazine groups is 1. The smallest absolute Gasteiger partial charge is 0.287 e. The minimum atomic E-state index is -0.464. The summed E-state index contributed by atoms with van der Waals surface area (Å²) in [7, 11) is 1.92. The Bertz CT molecular complexity index is 408. The standard InChI is InChI=1S/C9H15N7O/c1-15(4-2-3-10)5-6-16-7-8(13-14-16)9(17)12-11/h7H,2,4-6,11H2,1H3,(H,12,17). The van der Waals surface area contributed by atoms with Crippen LogP contribution in [0.4, 0.5) is 0 Å². The molecular weight excluding hydrogens is 222 g/mol. The number of nitrogen functional groups attached to an aromatic ring is 1. The molecule has 1 amide bonds. The molecule has 0 radical (unpaired) electrons. The number of nitriles is 1. The number of nitrogens with one attached hydrogen (secondary N) is 1. The molecule has 17 heavy (non-hydrogen) atoms. The van der Waals surface area contributed by atoms with Crippen LogP contribution in [0.3, 0.4) is 0 Å². The van der Waals surface area contributed by atoms with Gasteiger partial charge >= 0.3 is 0 Å². The van der Waals surface area contributed by atoms with Crippen LogP contribution in [-0.4, -0.2) is 45.9 Å². The molecule has 8 nitrogen and oxygen atoms in total. The Hall–Kier alpha value is -1.98. The molecule has 0 fully saturated rings. The fourth-order valence-corrected chi connectivity index (χ4v) is 1.21. The normalized spacial score (nSPS) is 10.2. The van der Waals surface area contributed by atoms with Crippen LogP contribution in [-0.2, 0) is 6.54 Å². The average Bonchev–Trinajstić information content (AvgIpc) is 2.81. The van der Waals surface area contributed by atoms with E-state index in [1.165, 1.54) is 6.20 Å². The van der Waals surface area contributed by atoms with E-state index in [2.05, 4.69) is 16.4 Å². The molecule has 0 bridgehead atoms. The monoisotopic (exact) mass is 237 g/mol. The van der Waals surface area contributed by atoms with Crippen LogP contribution in [0.1, 0.15) is 16.9 Å². The summed E-state index contributed by atoms with van der Waals surface area (Å²) < 4.78 is 1.56. The molecule has 0 aliphatic carbocycles. The molecule has 0 aliphatic heterocycles. The summed E-state index contributed by atoms with van der Waals surface area (Å²) in [5.41, 5.74) is 2.17. The van der Waals surface area contributed by atoms with Crippen LogP contribution < -0.4 is 11.3 Å². The zero-order valence-electron chi connectivity index (χ0n) is 9.63. The first-order valence-corrected chi connectivity index (χ1v) is 5.14. The molecule has 8 heteroatoms. The molecule has 0 atom stereocenters. The first-order valence-electron chi connectivity index (χ1n) is 5.14. The van der Waals surface area contributed by atoms with Gasteiger partial charge in [-0.1, -0.05) is 5.21 Å². The predicted octanol–water partition coefficient (Wildman–Crippen LogP) is -1.27. The van der Waals surface area contributed by atoms with Crippen LogP contribution in [0.15, 0.2) is 6.20 Å². The van der Waals surface area contributed by atoms with Crippen molar-refractivity contribution in [1.82, 2.24) is 25.3 Å². The van der Waals surface area contributed by atoms with E-state index in [-0.39, 0.29) is 5.69 Å². The zero-order chi connectivity index (χ0) is 12.7. The van der Waals surface area contributed by atoms with Crippen molar-refractivity contribution in [2.24, 2.45) is 5.84 Å². The largest absolute Gasteiger partial charge is 0.304 e. The number of likely N-dealkylation sites (N-methyl/N-ethyl adjacent to an activating group) is 1. The Morgan fingerprint density at radius 3 is 3.12 bits per heavy atom. The Balaban J connectivity index is 2.40. The molecule has 1 aromatic rings. The molecule has 0 spiro atoms. The van der Waals surface area contributed by atoms with Crippen molar-refractivity contribution in [3.63, 3.8) is 0 Å².